The van der Waals surface area contributed by atoms with Gasteiger partial charge in [0, 0.05) is 11.1 Å². The van der Waals surface area contributed by atoms with Crippen molar-refractivity contribution in [2.24, 2.45) is 0 Å². The summed E-state index contributed by atoms with van der Waals surface area (Å²) in [7, 11) is -2.05. The highest BCUT2D eigenvalue weighted by atomic mass is 31.1. The van der Waals surface area contributed by atoms with Crippen LogP contribution < -0.4 is 50.8 Å². The van der Waals surface area contributed by atoms with Crippen molar-refractivity contribution < 1.29 is 18.9 Å². The van der Waals surface area contributed by atoms with Gasteiger partial charge < -0.3 is 18.9 Å². The first-order valence-electron chi connectivity index (χ1n) is 15.0. The van der Waals surface area contributed by atoms with E-state index in [1.807, 2.05) is 12.1 Å². The number of rotatable bonds is 7. The monoisotopic (exact) mass is 634 g/mol. The van der Waals surface area contributed by atoms with Crippen LogP contribution in [0.1, 0.15) is 0 Å². The van der Waals surface area contributed by atoms with Crippen LogP contribution in [0.5, 0.6) is 23.0 Å². The van der Waals surface area contributed by atoms with E-state index in [0.29, 0.717) is 23.0 Å². The molecule has 2 aliphatic rings. The third kappa shape index (κ3) is 5.26. The molecule has 0 saturated heterocycles. The molecular formula is C40H28O4P2. The Kier molecular flexibility index (Phi) is 7.82. The zero-order valence-electron chi connectivity index (χ0n) is 24.7. The fourth-order valence-electron chi connectivity index (χ4n) is 5.94. The molecule has 0 unspecified atom stereocenters. The van der Waals surface area contributed by atoms with E-state index in [4.69, 9.17) is 18.9 Å². The zero-order valence-corrected chi connectivity index (χ0v) is 26.5. The Hall–Kier alpha value is -5.14. The fourth-order valence-corrected chi connectivity index (χ4v) is 10.8. The summed E-state index contributed by atoms with van der Waals surface area (Å²) in [6.07, 6.45) is 6.36. The lowest BCUT2D eigenvalue weighted by atomic mass is 10.0. The van der Waals surface area contributed by atoms with Gasteiger partial charge in [-0.1, -0.05) is 121 Å². The van der Waals surface area contributed by atoms with Crippen molar-refractivity contribution >= 4 is 47.7 Å². The molecule has 0 aromatic heterocycles. The molecular weight excluding hydrogens is 606 g/mol. The topological polar surface area (TPSA) is 36.9 Å². The highest BCUT2D eigenvalue weighted by molar-refractivity contribution is 7.80. The minimum absolute atomic E-state index is 0.650. The molecule has 6 heteroatoms. The molecule has 0 radical (unpaired) electrons. The first-order chi connectivity index (χ1) is 22.9. The van der Waals surface area contributed by atoms with Gasteiger partial charge in [-0.2, -0.15) is 0 Å². The highest BCUT2D eigenvalue weighted by Crippen LogP contribution is 2.52. The number of ether oxygens (including phenoxy) is 4. The molecule has 0 fully saturated rings. The summed E-state index contributed by atoms with van der Waals surface area (Å²) in [6, 6.07) is 51.2. The van der Waals surface area contributed by atoms with Crippen molar-refractivity contribution in [1.82, 2.24) is 0 Å². The summed E-state index contributed by atoms with van der Waals surface area (Å²) in [5.41, 5.74) is 1.87. The van der Waals surface area contributed by atoms with E-state index >= 15 is 0 Å². The molecule has 0 N–H and O–H groups in total. The average Bonchev–Trinajstić information content (AvgIpc) is 3.14. The van der Waals surface area contributed by atoms with Crippen molar-refractivity contribution in [2.45, 2.75) is 0 Å². The van der Waals surface area contributed by atoms with Crippen LogP contribution in [-0.4, -0.2) is 0 Å². The van der Waals surface area contributed by atoms with Crippen molar-refractivity contribution in [3.63, 3.8) is 0 Å². The average molecular weight is 635 g/mol. The fraction of sp³-hybridized carbons (Fsp3) is 0. The number of fused-ring (bicyclic) bond motifs is 2. The maximum atomic E-state index is 6.41. The summed E-state index contributed by atoms with van der Waals surface area (Å²) >= 11 is 0. The first kappa shape index (κ1) is 28.3. The van der Waals surface area contributed by atoms with E-state index in [9.17, 15) is 0 Å². The maximum Gasteiger partial charge on any atom is 0.177 e. The smallest absolute Gasteiger partial charge is 0.177 e. The lowest BCUT2D eigenvalue weighted by Gasteiger charge is -2.30. The van der Waals surface area contributed by atoms with E-state index in [1.165, 1.54) is 21.2 Å². The molecule has 4 nitrogen and oxygen atoms in total. The van der Waals surface area contributed by atoms with Crippen molar-refractivity contribution in [2.75, 3.05) is 0 Å². The summed E-state index contributed by atoms with van der Waals surface area (Å²) in [5.74, 6) is 2.61. The van der Waals surface area contributed by atoms with Gasteiger partial charge in [-0.25, -0.2) is 0 Å². The largest absolute Gasteiger partial charge is 0.458 e. The normalized spacial score (nSPS) is 12.8. The molecule has 0 bridgehead atoms. The molecule has 2 aliphatic heterocycles. The second kappa shape index (κ2) is 12.7. The van der Waals surface area contributed by atoms with E-state index in [-0.39, 0.29) is 0 Å². The van der Waals surface area contributed by atoms with Crippen molar-refractivity contribution in [3.8, 4) is 34.1 Å². The molecule has 0 atom stereocenters. The lowest BCUT2D eigenvalue weighted by molar-refractivity contribution is 0.359. The Bertz CT molecular complexity index is 1820. The third-order valence-electron chi connectivity index (χ3n) is 7.86. The molecule has 222 valence electrons. The summed E-state index contributed by atoms with van der Waals surface area (Å²) in [5, 5.41) is 7.19. The predicted molar refractivity (Wildman–Crippen MR) is 190 cm³/mol. The van der Waals surface area contributed by atoms with Crippen LogP contribution in [0.2, 0.25) is 0 Å². The van der Waals surface area contributed by atoms with Crippen molar-refractivity contribution in [1.29, 1.82) is 0 Å². The SMILES string of the molecule is C1=COc2c(ccc(P(c3ccccc3)c3ccccc3)c2-c2c(P(c3ccccc3)c3ccccc3)ccc3c2OC=CO3)O1. The number of hydrogen-bond acceptors (Lipinski definition) is 4. The van der Waals surface area contributed by atoms with Crippen LogP contribution in [0.15, 0.2) is 171 Å². The molecule has 6 aromatic carbocycles. The van der Waals surface area contributed by atoms with Crippen LogP contribution in [0, 0.1) is 0 Å². The molecule has 0 saturated carbocycles. The van der Waals surface area contributed by atoms with E-state index in [1.54, 1.807) is 25.0 Å². The Morgan fingerprint density at radius 3 is 0.935 bits per heavy atom. The molecule has 2 heterocycles. The Morgan fingerprint density at radius 1 is 0.304 bits per heavy atom. The Balaban J connectivity index is 1.48. The summed E-state index contributed by atoms with van der Waals surface area (Å²) in [4.78, 5) is 0. The van der Waals surface area contributed by atoms with Gasteiger partial charge in [0.05, 0.1) is 0 Å². The van der Waals surface area contributed by atoms with E-state index in [0.717, 1.165) is 21.7 Å². The minimum Gasteiger partial charge on any atom is -0.458 e. The number of hydrogen-bond donors (Lipinski definition) is 0. The molecule has 0 aliphatic carbocycles. The second-order valence-electron chi connectivity index (χ2n) is 10.6. The van der Waals surface area contributed by atoms with Gasteiger partial charge in [0.2, 0.25) is 0 Å². The molecule has 46 heavy (non-hydrogen) atoms. The van der Waals surface area contributed by atoms with Gasteiger partial charge >= 0.3 is 0 Å². The van der Waals surface area contributed by atoms with Crippen LogP contribution in [0.4, 0.5) is 0 Å². The predicted octanol–water partition coefficient (Wildman–Crippen LogP) is 7.35. The van der Waals surface area contributed by atoms with Crippen LogP contribution >= 0.6 is 15.8 Å². The third-order valence-corrected chi connectivity index (χ3v) is 12.8. The number of benzene rings is 6. The molecule has 6 aromatic rings. The van der Waals surface area contributed by atoms with Crippen molar-refractivity contribution in [3.05, 3.63) is 171 Å². The molecule has 8 rings (SSSR count). The lowest BCUT2D eigenvalue weighted by Crippen LogP contribution is -2.27. The van der Waals surface area contributed by atoms with Crippen LogP contribution in [0.25, 0.3) is 11.1 Å². The van der Waals surface area contributed by atoms with Gasteiger partial charge in [-0.15, -0.1) is 0 Å². The van der Waals surface area contributed by atoms with Crippen LogP contribution in [-0.2, 0) is 0 Å². The molecule has 0 spiro atoms. The minimum atomic E-state index is -1.03. The van der Waals surface area contributed by atoms with E-state index in [2.05, 4.69) is 133 Å². The molecule has 0 amide bonds. The Labute approximate surface area is 270 Å². The van der Waals surface area contributed by atoms with Gasteiger partial charge in [-0.3, -0.25) is 0 Å². The van der Waals surface area contributed by atoms with Crippen LogP contribution in [0.3, 0.4) is 0 Å². The standard InChI is InChI=1S/C40H28O4P2/c1-5-13-29(14-6-1)45(30-15-7-2-8-16-30)35-23-21-33-39(43-27-25-41-33)37(35)38-36(24-22-34-40(38)44-28-26-42-34)46(31-17-9-3-10-18-31)32-19-11-4-12-20-32/h1-28H. The van der Waals surface area contributed by atoms with E-state index < -0.39 is 15.8 Å². The summed E-state index contributed by atoms with van der Waals surface area (Å²) in [6.45, 7) is 0. The Morgan fingerprint density at radius 2 is 0.609 bits per heavy atom. The quantitative estimate of drug-likeness (QED) is 0.172. The van der Waals surface area contributed by atoms with Gasteiger partial charge in [0.25, 0.3) is 0 Å². The van der Waals surface area contributed by atoms with Gasteiger partial charge in [0.15, 0.2) is 23.0 Å². The maximum absolute atomic E-state index is 6.41. The highest BCUT2D eigenvalue weighted by Gasteiger charge is 2.33. The zero-order chi connectivity index (χ0) is 30.7. The summed E-state index contributed by atoms with van der Waals surface area (Å²) < 4.78 is 24.9. The first-order valence-corrected chi connectivity index (χ1v) is 17.7. The second-order valence-corrected chi connectivity index (χ2v) is 15.0. The van der Waals surface area contributed by atoms with Gasteiger partial charge in [0.1, 0.15) is 25.0 Å². The van der Waals surface area contributed by atoms with Gasteiger partial charge in [-0.05, 0) is 71.9 Å².